The van der Waals surface area contributed by atoms with Crippen LogP contribution in [0.3, 0.4) is 0 Å². The van der Waals surface area contributed by atoms with Crippen LogP contribution in [0.4, 0.5) is 5.69 Å². The Balaban J connectivity index is 3.30. The van der Waals surface area contributed by atoms with Crippen LogP contribution >= 0.6 is 0 Å². The van der Waals surface area contributed by atoms with Crippen molar-refractivity contribution < 1.29 is 27.4 Å². The Morgan fingerprint density at radius 1 is 1.25 bits per heavy atom. The van der Waals surface area contributed by atoms with E-state index in [9.17, 15) is 13.2 Å². The summed E-state index contributed by atoms with van der Waals surface area (Å²) in [6.45, 7) is -0.558. The maximum atomic E-state index is 11.6. The topological polar surface area (TPSA) is 108 Å². The minimum absolute atomic E-state index is 0.112. The molecular weight excluding hydrogens is 288 g/mol. The fourth-order valence-corrected chi connectivity index (χ4v) is 2.20. The first-order valence-electron chi connectivity index (χ1n) is 5.42. The molecule has 9 heteroatoms. The third-order valence-corrected chi connectivity index (χ3v) is 3.40. The summed E-state index contributed by atoms with van der Waals surface area (Å²) in [6, 6.07) is 4.42. The molecule has 0 radical (unpaired) electrons. The van der Waals surface area contributed by atoms with Crippen LogP contribution in [0.1, 0.15) is 0 Å². The number of esters is 1. The summed E-state index contributed by atoms with van der Waals surface area (Å²) in [6.07, 6.45) is 0. The third kappa shape index (κ3) is 3.75. The van der Waals surface area contributed by atoms with Gasteiger partial charge in [-0.2, -0.15) is 8.42 Å². The highest BCUT2D eigenvalue weighted by Crippen LogP contribution is 2.33. The third-order valence-electron chi connectivity index (χ3n) is 2.46. The molecule has 0 aliphatic carbocycles. The fourth-order valence-electron chi connectivity index (χ4n) is 1.48. The molecule has 0 unspecified atom stereocenters. The molecule has 8 nitrogen and oxygen atoms in total. The molecule has 0 spiro atoms. The minimum Gasteiger partial charge on any atom is -0.497 e. The number of methoxy groups -OCH3 is 3. The van der Waals surface area contributed by atoms with Crippen LogP contribution in [0.15, 0.2) is 18.2 Å². The second-order valence-electron chi connectivity index (χ2n) is 3.67. The lowest BCUT2D eigenvalue weighted by Crippen LogP contribution is -2.40. The molecule has 0 atom stereocenters. The van der Waals surface area contributed by atoms with Crippen molar-refractivity contribution in [1.82, 2.24) is 0 Å². The molecule has 0 bridgehead atoms. The van der Waals surface area contributed by atoms with Crippen LogP contribution in [-0.4, -0.2) is 42.3 Å². The molecule has 0 aliphatic rings. The SMILES string of the molecule is COC(=O)CN(c1ccc(OC)cc1OC)S(N)(=O)=O. The fraction of sp³-hybridized carbons (Fsp3) is 0.364. The first kappa shape index (κ1) is 16.1. The van der Waals surface area contributed by atoms with Crippen molar-refractivity contribution in [3.8, 4) is 11.5 Å². The lowest BCUT2D eigenvalue weighted by Gasteiger charge is -2.22. The summed E-state index contributed by atoms with van der Waals surface area (Å²) < 4.78 is 38.5. The molecule has 0 aromatic heterocycles. The van der Waals surface area contributed by atoms with E-state index >= 15 is 0 Å². The largest absolute Gasteiger partial charge is 0.497 e. The lowest BCUT2D eigenvalue weighted by atomic mass is 10.2. The second kappa shape index (κ2) is 6.44. The van der Waals surface area contributed by atoms with E-state index in [1.54, 1.807) is 0 Å². The van der Waals surface area contributed by atoms with Gasteiger partial charge < -0.3 is 14.2 Å². The highest BCUT2D eigenvalue weighted by atomic mass is 32.2. The van der Waals surface area contributed by atoms with Crippen molar-refractivity contribution in [2.45, 2.75) is 0 Å². The summed E-state index contributed by atoms with van der Waals surface area (Å²) in [5.74, 6) is -0.0859. The van der Waals surface area contributed by atoms with Crippen LogP contribution < -0.4 is 18.9 Å². The van der Waals surface area contributed by atoms with Crippen LogP contribution in [0, 0.1) is 0 Å². The number of hydrogen-bond donors (Lipinski definition) is 1. The summed E-state index contributed by atoms with van der Waals surface area (Å²) in [5.41, 5.74) is 0.112. The number of ether oxygens (including phenoxy) is 3. The number of carbonyl (C=O) groups excluding carboxylic acids is 1. The van der Waals surface area contributed by atoms with E-state index in [1.165, 1.54) is 32.4 Å². The summed E-state index contributed by atoms with van der Waals surface area (Å²) in [7, 11) is -0.198. The van der Waals surface area contributed by atoms with Crippen molar-refractivity contribution in [2.75, 3.05) is 32.2 Å². The molecule has 20 heavy (non-hydrogen) atoms. The number of rotatable bonds is 6. The van der Waals surface area contributed by atoms with Gasteiger partial charge in [-0.1, -0.05) is 0 Å². The Morgan fingerprint density at radius 3 is 2.35 bits per heavy atom. The smallest absolute Gasteiger partial charge is 0.326 e. The van der Waals surface area contributed by atoms with Crippen LogP contribution in [0.25, 0.3) is 0 Å². The van der Waals surface area contributed by atoms with E-state index in [1.807, 2.05) is 0 Å². The molecule has 0 saturated heterocycles. The zero-order valence-electron chi connectivity index (χ0n) is 11.3. The minimum atomic E-state index is -4.16. The Kier molecular flexibility index (Phi) is 5.17. The second-order valence-corrected chi connectivity index (χ2v) is 5.14. The maximum Gasteiger partial charge on any atom is 0.326 e. The zero-order valence-corrected chi connectivity index (χ0v) is 12.1. The van der Waals surface area contributed by atoms with Crippen molar-refractivity contribution >= 4 is 21.9 Å². The molecule has 1 aromatic carbocycles. The Morgan fingerprint density at radius 2 is 1.90 bits per heavy atom. The maximum absolute atomic E-state index is 11.6. The average molecular weight is 304 g/mol. The molecule has 1 aromatic rings. The summed E-state index contributed by atoms with van der Waals surface area (Å²) >= 11 is 0. The van der Waals surface area contributed by atoms with E-state index in [2.05, 4.69) is 4.74 Å². The highest BCUT2D eigenvalue weighted by Gasteiger charge is 2.25. The van der Waals surface area contributed by atoms with Crippen molar-refractivity contribution in [3.05, 3.63) is 18.2 Å². The lowest BCUT2D eigenvalue weighted by molar-refractivity contribution is -0.138. The number of nitrogens with two attached hydrogens (primary N) is 1. The molecule has 0 aliphatic heterocycles. The quantitative estimate of drug-likeness (QED) is 0.734. The van der Waals surface area contributed by atoms with Gasteiger partial charge in [-0.15, -0.1) is 0 Å². The average Bonchev–Trinajstić information content (AvgIpc) is 2.42. The normalized spacial score (nSPS) is 10.8. The van der Waals surface area contributed by atoms with Gasteiger partial charge in [-0.3, -0.25) is 4.79 Å². The first-order chi connectivity index (χ1) is 9.33. The van der Waals surface area contributed by atoms with Gasteiger partial charge in [-0.25, -0.2) is 9.44 Å². The van der Waals surface area contributed by atoms with Crippen LogP contribution in [-0.2, 0) is 19.7 Å². The Labute approximate surface area is 117 Å². The molecule has 2 N–H and O–H groups in total. The van der Waals surface area contributed by atoms with Gasteiger partial charge in [0, 0.05) is 6.07 Å². The molecule has 0 saturated carbocycles. The predicted molar refractivity (Wildman–Crippen MR) is 72.0 cm³/mol. The van der Waals surface area contributed by atoms with Gasteiger partial charge in [0.2, 0.25) is 0 Å². The van der Waals surface area contributed by atoms with Gasteiger partial charge in [0.15, 0.2) is 0 Å². The van der Waals surface area contributed by atoms with Gasteiger partial charge >= 0.3 is 5.97 Å². The van der Waals surface area contributed by atoms with E-state index in [0.29, 0.717) is 10.1 Å². The van der Waals surface area contributed by atoms with Crippen molar-refractivity contribution in [2.24, 2.45) is 5.14 Å². The highest BCUT2D eigenvalue weighted by molar-refractivity contribution is 7.90. The Bertz CT molecular complexity index is 587. The monoisotopic (exact) mass is 304 g/mol. The van der Waals surface area contributed by atoms with E-state index in [4.69, 9.17) is 14.6 Å². The summed E-state index contributed by atoms with van der Waals surface area (Å²) in [4.78, 5) is 11.3. The summed E-state index contributed by atoms with van der Waals surface area (Å²) in [5, 5.41) is 5.11. The molecule has 112 valence electrons. The number of benzene rings is 1. The molecule has 0 amide bonds. The number of hydrogen-bond acceptors (Lipinski definition) is 6. The van der Waals surface area contributed by atoms with Gasteiger partial charge in [0.1, 0.15) is 18.0 Å². The number of anilines is 1. The van der Waals surface area contributed by atoms with Crippen LogP contribution in [0.2, 0.25) is 0 Å². The zero-order chi connectivity index (χ0) is 15.3. The first-order valence-corrected chi connectivity index (χ1v) is 6.93. The van der Waals surface area contributed by atoms with Gasteiger partial charge in [0.05, 0.1) is 27.0 Å². The molecule has 1 rings (SSSR count). The van der Waals surface area contributed by atoms with E-state index in [0.717, 1.165) is 7.11 Å². The molecule has 0 heterocycles. The predicted octanol–water partition coefficient (Wildman–Crippen LogP) is -0.113. The van der Waals surface area contributed by atoms with Gasteiger partial charge in [0.25, 0.3) is 10.2 Å². The van der Waals surface area contributed by atoms with E-state index < -0.39 is 22.7 Å². The van der Waals surface area contributed by atoms with Crippen molar-refractivity contribution in [1.29, 1.82) is 0 Å². The van der Waals surface area contributed by atoms with Gasteiger partial charge in [-0.05, 0) is 12.1 Å². The standard InChI is InChI=1S/C11H16N2O6S/c1-17-8-4-5-9(10(6-8)18-2)13(20(12,15)16)7-11(14)19-3/h4-6H,7H2,1-3H3,(H2,12,15,16). The van der Waals surface area contributed by atoms with Crippen molar-refractivity contribution in [3.63, 3.8) is 0 Å². The van der Waals surface area contributed by atoms with Crippen LogP contribution in [0.5, 0.6) is 11.5 Å². The number of carbonyl (C=O) groups is 1. The molecule has 0 fully saturated rings. The number of nitrogens with zero attached hydrogens (tertiary/aromatic N) is 1. The molecular formula is C11H16N2O6S. The van der Waals surface area contributed by atoms with E-state index in [-0.39, 0.29) is 11.4 Å². The Hall–Kier alpha value is -2.00.